The van der Waals surface area contributed by atoms with Gasteiger partial charge in [-0.05, 0) is 78.9 Å². The van der Waals surface area contributed by atoms with Crippen molar-refractivity contribution in [1.82, 2.24) is 0 Å². The molecule has 6 N–H and O–H groups in total. The first kappa shape index (κ1) is 27.9. The maximum Gasteiger partial charge on any atom is 0.298 e. The van der Waals surface area contributed by atoms with E-state index in [1.54, 1.807) is 24.3 Å². The smallest absolute Gasteiger partial charge is 0.298 e. The van der Waals surface area contributed by atoms with Crippen LogP contribution in [0.1, 0.15) is 0 Å². The number of hydrogen-bond acceptors (Lipinski definition) is 10. The van der Waals surface area contributed by atoms with Crippen LogP contribution in [-0.2, 0) is 30.1 Å². The highest BCUT2D eigenvalue weighted by atomic mass is 32.2. The van der Waals surface area contributed by atoms with E-state index in [9.17, 15) is 34.4 Å². The van der Waals surface area contributed by atoms with Crippen molar-refractivity contribution in [3.63, 3.8) is 0 Å². The maximum atomic E-state index is 13.2. The molecule has 0 unspecified atom stereocenters. The van der Waals surface area contributed by atoms with Crippen molar-refractivity contribution < 1.29 is 43.8 Å². The van der Waals surface area contributed by atoms with Crippen LogP contribution in [0.4, 0.5) is 11.4 Å². The van der Waals surface area contributed by atoms with Crippen LogP contribution in [0.5, 0.6) is 23.0 Å². The molecule has 15 heteroatoms. The molecule has 0 spiro atoms. The second kappa shape index (κ2) is 10.2. The van der Waals surface area contributed by atoms with Gasteiger partial charge in [0.05, 0.1) is 15.5 Å². The predicted octanol–water partition coefficient (Wildman–Crippen LogP) is 3.76. The van der Waals surface area contributed by atoms with Crippen LogP contribution in [0.2, 0.25) is 0 Å². The van der Waals surface area contributed by atoms with Crippen LogP contribution in [-0.4, -0.2) is 34.4 Å². The molecule has 0 radical (unpaired) electrons. The lowest BCUT2D eigenvalue weighted by Gasteiger charge is -2.13. The summed E-state index contributed by atoms with van der Waals surface area (Å²) >= 11 is 0. The lowest BCUT2D eigenvalue weighted by molar-refractivity contribution is 0.446. The zero-order valence-corrected chi connectivity index (χ0v) is 22.1. The first-order valence-electron chi connectivity index (χ1n) is 10.7. The topological polar surface area (TPSA) is 213 Å². The van der Waals surface area contributed by atoms with Gasteiger partial charge in [-0.15, -0.1) is 0 Å². The number of sulfone groups is 1. The predicted molar refractivity (Wildman–Crippen MR) is 140 cm³/mol. The molecule has 0 aliphatic heterocycles. The number of hydrogen-bond donors (Lipinski definition) is 4. The third kappa shape index (κ3) is 6.30. The summed E-state index contributed by atoms with van der Waals surface area (Å²) in [5.41, 5.74) is 11.4. The molecule has 0 saturated carbocycles. The molecule has 0 atom stereocenters. The lowest BCUT2D eigenvalue weighted by Crippen LogP contribution is -2.07. The zero-order chi connectivity index (χ0) is 28.6. The molecule has 4 aromatic rings. The third-order valence-electron chi connectivity index (χ3n) is 5.24. The Balaban J connectivity index is 1.66. The highest BCUT2D eigenvalue weighted by Crippen LogP contribution is 2.35. The van der Waals surface area contributed by atoms with E-state index in [0.717, 1.165) is 24.3 Å². The number of nitrogen functional groups attached to an aromatic ring is 2. The van der Waals surface area contributed by atoms with E-state index in [1.165, 1.54) is 30.3 Å². The number of ether oxygens (including phenoxy) is 2. The van der Waals surface area contributed by atoms with Crippen LogP contribution in [0, 0.1) is 0 Å². The molecule has 204 valence electrons. The second-order valence-corrected chi connectivity index (χ2v) is 12.7. The van der Waals surface area contributed by atoms with Gasteiger partial charge in [0.25, 0.3) is 20.2 Å². The fourth-order valence-electron chi connectivity index (χ4n) is 3.36. The van der Waals surface area contributed by atoms with E-state index in [0.29, 0.717) is 23.3 Å². The second-order valence-electron chi connectivity index (χ2n) is 8.01. The quantitative estimate of drug-likeness (QED) is 0.170. The summed E-state index contributed by atoms with van der Waals surface area (Å²) in [5.74, 6) is 0.00985. The SMILES string of the molecule is Nc1ccc(Oc2ccc(S(=O)(=O)c3ccc(Oc4ccc(N)c(S(=O)(=O)O)c4)c(S(=O)(=O)O)c3)cc2)cc1. The molecule has 0 aliphatic carbocycles. The maximum absolute atomic E-state index is 13.2. The monoisotopic (exact) mass is 592 g/mol. The van der Waals surface area contributed by atoms with E-state index in [2.05, 4.69) is 0 Å². The van der Waals surface area contributed by atoms with Crippen LogP contribution in [0.3, 0.4) is 0 Å². The van der Waals surface area contributed by atoms with Crippen molar-refractivity contribution in [3.8, 4) is 23.0 Å². The molecular weight excluding hydrogens is 572 g/mol. The minimum atomic E-state index is -5.02. The van der Waals surface area contributed by atoms with Gasteiger partial charge in [-0.3, -0.25) is 9.11 Å². The summed E-state index contributed by atoms with van der Waals surface area (Å²) in [6.07, 6.45) is 0. The van der Waals surface area contributed by atoms with E-state index in [1.807, 2.05) is 0 Å². The fraction of sp³-hybridized carbons (Fsp3) is 0. The Morgan fingerprint density at radius 3 is 1.62 bits per heavy atom. The van der Waals surface area contributed by atoms with Gasteiger partial charge in [0.1, 0.15) is 32.8 Å². The van der Waals surface area contributed by atoms with Crippen LogP contribution < -0.4 is 20.9 Å². The van der Waals surface area contributed by atoms with Gasteiger partial charge in [-0.1, -0.05) is 0 Å². The largest absolute Gasteiger partial charge is 0.457 e. The first-order chi connectivity index (χ1) is 18.1. The molecule has 0 aromatic heterocycles. The highest BCUT2D eigenvalue weighted by molar-refractivity contribution is 7.91. The van der Waals surface area contributed by atoms with Gasteiger partial charge in [-0.25, -0.2) is 8.42 Å². The molecule has 0 saturated heterocycles. The van der Waals surface area contributed by atoms with Crippen LogP contribution in [0.25, 0.3) is 0 Å². The summed E-state index contributed by atoms with van der Waals surface area (Å²) < 4.78 is 104. The van der Waals surface area contributed by atoms with Gasteiger partial charge in [0.2, 0.25) is 9.84 Å². The number of rotatable bonds is 8. The van der Waals surface area contributed by atoms with E-state index in [4.69, 9.17) is 20.9 Å². The summed E-state index contributed by atoms with van der Waals surface area (Å²) in [5, 5.41) is 0. The Morgan fingerprint density at radius 1 is 0.538 bits per heavy atom. The molecule has 39 heavy (non-hydrogen) atoms. The van der Waals surface area contributed by atoms with Gasteiger partial charge < -0.3 is 20.9 Å². The average molecular weight is 593 g/mol. The average Bonchev–Trinajstić information content (AvgIpc) is 2.86. The highest BCUT2D eigenvalue weighted by Gasteiger charge is 2.25. The van der Waals surface area contributed by atoms with Crippen molar-refractivity contribution in [1.29, 1.82) is 0 Å². The number of benzene rings is 4. The van der Waals surface area contributed by atoms with E-state index >= 15 is 0 Å². The molecular formula is C24H20N2O10S3. The molecule has 12 nitrogen and oxygen atoms in total. The normalized spacial score (nSPS) is 12.2. The summed E-state index contributed by atoms with van der Waals surface area (Å²) in [6.45, 7) is 0. The molecule has 0 fully saturated rings. The van der Waals surface area contributed by atoms with Crippen LogP contribution in [0.15, 0.2) is 105 Å². The molecule has 0 heterocycles. The third-order valence-corrected chi connectivity index (χ3v) is 8.80. The summed E-state index contributed by atoms with van der Waals surface area (Å²) in [7, 11) is -14.0. The van der Waals surface area contributed by atoms with Gasteiger partial charge in [0.15, 0.2) is 0 Å². The van der Waals surface area contributed by atoms with Gasteiger partial charge in [0, 0.05) is 11.8 Å². The van der Waals surface area contributed by atoms with Crippen molar-refractivity contribution in [3.05, 3.63) is 84.9 Å². The molecule has 4 aromatic carbocycles. The van der Waals surface area contributed by atoms with E-state index in [-0.39, 0.29) is 16.3 Å². The van der Waals surface area contributed by atoms with Gasteiger partial charge >= 0.3 is 0 Å². The van der Waals surface area contributed by atoms with Gasteiger partial charge in [-0.2, -0.15) is 16.8 Å². The Labute approximate surface area is 223 Å². The summed E-state index contributed by atoms with van der Waals surface area (Å²) in [6, 6.07) is 17.6. The van der Waals surface area contributed by atoms with Crippen molar-refractivity contribution >= 4 is 41.4 Å². The first-order valence-corrected chi connectivity index (χ1v) is 15.1. The summed E-state index contributed by atoms with van der Waals surface area (Å²) in [4.78, 5) is -2.28. The number of nitrogens with two attached hydrogens (primary N) is 2. The fourth-order valence-corrected chi connectivity index (χ4v) is 6.00. The van der Waals surface area contributed by atoms with Crippen molar-refractivity contribution in [2.45, 2.75) is 19.6 Å². The lowest BCUT2D eigenvalue weighted by atomic mass is 10.3. The Hall–Kier alpha value is -4.15. The number of anilines is 2. The Morgan fingerprint density at radius 2 is 1.05 bits per heavy atom. The molecule has 4 rings (SSSR count). The molecule has 0 bridgehead atoms. The zero-order valence-electron chi connectivity index (χ0n) is 19.6. The molecule has 0 amide bonds. The van der Waals surface area contributed by atoms with Crippen molar-refractivity contribution in [2.75, 3.05) is 11.5 Å². The minimum Gasteiger partial charge on any atom is -0.457 e. The Bertz CT molecular complexity index is 1870. The Kier molecular flexibility index (Phi) is 7.29. The minimum absolute atomic E-state index is 0.196. The van der Waals surface area contributed by atoms with Crippen molar-refractivity contribution in [2.24, 2.45) is 0 Å². The standard InChI is InChI=1S/C24H20N2O10S3/c25-15-1-3-16(4-2-15)35-17-5-8-19(9-6-17)37(27,28)20-10-12-22(24(14-20)39(32,33)34)36-18-7-11-21(26)23(13-18)38(29,30)31/h1-14H,25-26H2,(H,29,30,31)(H,32,33,34). The molecule has 0 aliphatic rings. The van der Waals surface area contributed by atoms with Crippen LogP contribution >= 0.6 is 0 Å². The van der Waals surface area contributed by atoms with E-state index < -0.39 is 50.5 Å².